The Hall–Kier alpha value is -2.20. The minimum Gasteiger partial charge on any atom is -0.397 e. The number of nitrogens with two attached hydrogens (primary N) is 1. The van der Waals surface area contributed by atoms with Crippen molar-refractivity contribution < 1.29 is 4.79 Å². The summed E-state index contributed by atoms with van der Waals surface area (Å²) in [5.41, 5.74) is 11.2. The summed E-state index contributed by atoms with van der Waals surface area (Å²) >= 11 is 1.42. The van der Waals surface area contributed by atoms with E-state index in [-0.39, 0.29) is 5.78 Å². The Morgan fingerprint density at radius 1 is 1.17 bits per heavy atom. The van der Waals surface area contributed by atoms with E-state index in [4.69, 9.17) is 10.7 Å². The van der Waals surface area contributed by atoms with E-state index in [0.29, 0.717) is 16.1 Å². The molecule has 2 heterocycles. The summed E-state index contributed by atoms with van der Waals surface area (Å²) in [5, 5.41) is 0.936. The highest BCUT2D eigenvalue weighted by molar-refractivity contribution is 7.21. The molecule has 1 aliphatic carbocycles. The number of aryl methyl sites for hydroxylation is 3. The molecule has 23 heavy (non-hydrogen) atoms. The third-order valence-corrected chi connectivity index (χ3v) is 5.63. The van der Waals surface area contributed by atoms with E-state index >= 15 is 0 Å². The molecule has 0 amide bonds. The average Bonchev–Trinajstić information content (AvgIpc) is 2.89. The molecule has 1 aromatic carbocycles. The van der Waals surface area contributed by atoms with Crippen LogP contribution in [0.15, 0.2) is 30.3 Å². The van der Waals surface area contributed by atoms with Gasteiger partial charge in [0.15, 0.2) is 0 Å². The lowest BCUT2D eigenvalue weighted by atomic mass is 9.95. The molecule has 4 heteroatoms. The number of hydrogen-bond acceptors (Lipinski definition) is 4. The number of benzene rings is 1. The van der Waals surface area contributed by atoms with Crippen molar-refractivity contribution in [2.45, 2.75) is 32.6 Å². The highest BCUT2D eigenvalue weighted by Gasteiger charge is 2.21. The molecule has 0 radical (unpaired) electrons. The molecule has 0 unspecified atom stereocenters. The Morgan fingerprint density at radius 2 is 1.91 bits per heavy atom. The van der Waals surface area contributed by atoms with Crippen molar-refractivity contribution in [2.75, 3.05) is 5.73 Å². The molecule has 0 spiro atoms. The average molecular weight is 322 g/mol. The van der Waals surface area contributed by atoms with Gasteiger partial charge in [0, 0.05) is 16.6 Å². The van der Waals surface area contributed by atoms with Crippen molar-refractivity contribution >= 4 is 33.0 Å². The summed E-state index contributed by atoms with van der Waals surface area (Å²) in [6, 6.07) is 9.77. The zero-order valence-electron chi connectivity index (χ0n) is 13.1. The maximum Gasteiger partial charge on any atom is 0.205 e. The Morgan fingerprint density at radius 3 is 2.70 bits per heavy atom. The number of nitrogens with zero attached hydrogens (tertiary/aromatic N) is 1. The van der Waals surface area contributed by atoms with Crippen molar-refractivity contribution in [1.29, 1.82) is 0 Å². The minimum absolute atomic E-state index is 0.0107. The summed E-state index contributed by atoms with van der Waals surface area (Å²) < 4.78 is 0. The van der Waals surface area contributed by atoms with E-state index in [1.807, 2.05) is 31.2 Å². The van der Waals surface area contributed by atoms with Crippen LogP contribution in [0.4, 0.5) is 5.69 Å². The molecule has 3 aromatic rings. The SMILES string of the molecule is Cc1ccc(C(=O)c2sc3nc4c(cc3c2N)CCCC4)cc1. The number of carbonyl (C=O) groups excluding carboxylic acids is 1. The number of thiophene rings is 1. The van der Waals surface area contributed by atoms with E-state index < -0.39 is 0 Å². The fourth-order valence-electron chi connectivity index (χ4n) is 3.16. The highest BCUT2D eigenvalue weighted by atomic mass is 32.1. The molecule has 0 aliphatic heterocycles. The molecule has 3 nitrogen and oxygen atoms in total. The lowest BCUT2D eigenvalue weighted by Crippen LogP contribution is -2.05. The molecule has 0 saturated heterocycles. The van der Waals surface area contributed by atoms with Crippen LogP contribution >= 0.6 is 11.3 Å². The second-order valence-corrected chi connectivity index (χ2v) is 7.19. The van der Waals surface area contributed by atoms with Crippen LogP contribution in [0.25, 0.3) is 10.2 Å². The first-order valence-corrected chi connectivity index (χ1v) is 8.77. The van der Waals surface area contributed by atoms with Gasteiger partial charge in [0.25, 0.3) is 0 Å². The molecule has 116 valence electrons. The zero-order chi connectivity index (χ0) is 16.0. The number of pyridine rings is 1. The van der Waals surface area contributed by atoms with Crippen molar-refractivity contribution in [3.05, 3.63) is 57.6 Å². The first kappa shape index (κ1) is 14.4. The summed E-state index contributed by atoms with van der Waals surface area (Å²) in [4.78, 5) is 19.0. The van der Waals surface area contributed by atoms with Crippen LogP contribution in [-0.2, 0) is 12.8 Å². The van der Waals surface area contributed by atoms with Crippen LogP contribution in [0.1, 0.15) is 44.9 Å². The predicted octanol–water partition coefficient (Wildman–Crippen LogP) is 4.30. The van der Waals surface area contributed by atoms with E-state index in [2.05, 4.69) is 6.07 Å². The summed E-state index contributed by atoms with van der Waals surface area (Å²) in [6.07, 6.45) is 4.50. The monoisotopic (exact) mass is 322 g/mol. The van der Waals surface area contributed by atoms with Gasteiger partial charge < -0.3 is 5.73 Å². The molecule has 0 saturated carbocycles. The van der Waals surface area contributed by atoms with E-state index in [1.165, 1.54) is 35.4 Å². The van der Waals surface area contributed by atoms with Crippen LogP contribution in [0.2, 0.25) is 0 Å². The summed E-state index contributed by atoms with van der Waals surface area (Å²) in [5.74, 6) is -0.0107. The van der Waals surface area contributed by atoms with Crippen molar-refractivity contribution in [2.24, 2.45) is 0 Å². The van der Waals surface area contributed by atoms with Gasteiger partial charge in [-0.1, -0.05) is 29.8 Å². The number of nitrogen functional groups attached to an aromatic ring is 1. The van der Waals surface area contributed by atoms with Crippen molar-refractivity contribution in [3.8, 4) is 0 Å². The molecule has 4 rings (SSSR count). The van der Waals surface area contributed by atoms with Gasteiger partial charge in [-0.2, -0.15) is 0 Å². The Bertz CT molecular complexity index is 909. The first-order chi connectivity index (χ1) is 11.1. The summed E-state index contributed by atoms with van der Waals surface area (Å²) in [7, 11) is 0. The normalized spacial score (nSPS) is 14.0. The molecule has 0 fully saturated rings. The quantitative estimate of drug-likeness (QED) is 0.716. The fraction of sp³-hybridized carbons (Fsp3) is 0.263. The van der Waals surface area contributed by atoms with Gasteiger partial charge in [-0.15, -0.1) is 11.3 Å². The number of anilines is 1. The van der Waals surface area contributed by atoms with E-state index in [1.54, 1.807) is 0 Å². The number of hydrogen-bond donors (Lipinski definition) is 1. The third-order valence-electron chi connectivity index (χ3n) is 4.52. The predicted molar refractivity (Wildman–Crippen MR) is 95.3 cm³/mol. The maximum absolute atomic E-state index is 12.8. The topological polar surface area (TPSA) is 56.0 Å². The molecule has 2 aromatic heterocycles. The molecule has 0 bridgehead atoms. The van der Waals surface area contributed by atoms with Gasteiger partial charge in [0.1, 0.15) is 9.71 Å². The van der Waals surface area contributed by atoms with Gasteiger partial charge in [0.05, 0.1) is 5.69 Å². The Balaban J connectivity index is 1.82. The number of rotatable bonds is 2. The fourth-order valence-corrected chi connectivity index (χ4v) is 4.22. The number of aromatic nitrogens is 1. The molecule has 0 atom stereocenters. The molecule has 2 N–H and O–H groups in total. The number of carbonyl (C=O) groups is 1. The van der Waals surface area contributed by atoms with Gasteiger partial charge in [0.2, 0.25) is 5.78 Å². The van der Waals surface area contributed by atoms with Crippen LogP contribution in [0.5, 0.6) is 0 Å². The molecular weight excluding hydrogens is 304 g/mol. The van der Waals surface area contributed by atoms with Gasteiger partial charge in [-0.3, -0.25) is 4.79 Å². The van der Waals surface area contributed by atoms with E-state index in [9.17, 15) is 4.79 Å². The minimum atomic E-state index is -0.0107. The number of ketones is 1. The van der Waals surface area contributed by atoms with Crippen LogP contribution in [0, 0.1) is 6.92 Å². The van der Waals surface area contributed by atoms with Crippen LogP contribution in [0.3, 0.4) is 0 Å². The van der Waals surface area contributed by atoms with Crippen molar-refractivity contribution in [1.82, 2.24) is 4.98 Å². The van der Waals surface area contributed by atoms with Gasteiger partial charge in [-0.25, -0.2) is 4.98 Å². The van der Waals surface area contributed by atoms with Crippen LogP contribution < -0.4 is 5.73 Å². The Kier molecular flexibility index (Phi) is 3.42. The lowest BCUT2D eigenvalue weighted by molar-refractivity contribution is 0.104. The maximum atomic E-state index is 12.8. The molecular formula is C19H18N2OS. The molecule has 1 aliphatic rings. The third kappa shape index (κ3) is 2.43. The second-order valence-electron chi connectivity index (χ2n) is 6.19. The Labute approximate surface area is 139 Å². The smallest absolute Gasteiger partial charge is 0.205 e. The standard InChI is InChI=1S/C19H18N2OS/c1-11-6-8-12(9-7-11)17(22)18-16(20)14-10-13-4-2-3-5-15(13)21-19(14)23-18/h6-10H,2-5,20H2,1H3. The van der Waals surface area contributed by atoms with Gasteiger partial charge in [-0.05, 0) is 44.2 Å². The van der Waals surface area contributed by atoms with Crippen LogP contribution in [-0.4, -0.2) is 10.8 Å². The second kappa shape index (κ2) is 5.46. The largest absolute Gasteiger partial charge is 0.397 e. The van der Waals surface area contributed by atoms with Gasteiger partial charge >= 0.3 is 0 Å². The lowest BCUT2D eigenvalue weighted by Gasteiger charge is -2.14. The highest BCUT2D eigenvalue weighted by Crippen LogP contribution is 2.36. The summed E-state index contributed by atoms with van der Waals surface area (Å²) in [6.45, 7) is 2.01. The van der Waals surface area contributed by atoms with Crippen molar-refractivity contribution in [3.63, 3.8) is 0 Å². The number of fused-ring (bicyclic) bond motifs is 2. The zero-order valence-corrected chi connectivity index (χ0v) is 13.9. The first-order valence-electron chi connectivity index (χ1n) is 7.95. The van der Waals surface area contributed by atoms with E-state index in [0.717, 1.165) is 28.6 Å².